The van der Waals surface area contributed by atoms with Crippen LogP contribution < -0.4 is 0 Å². The smallest absolute Gasteiger partial charge is 0.338 e. The lowest BCUT2D eigenvalue weighted by Gasteiger charge is -2.11. The summed E-state index contributed by atoms with van der Waals surface area (Å²) >= 11 is 0. The SMILES string of the molecule is CCc1c(C(=O)O)c(C=O)n(Cc2ccccc2)c1-c1ccc(C=O)o1. The largest absolute Gasteiger partial charge is 0.478 e. The van der Waals surface area contributed by atoms with Crippen molar-refractivity contribution in [1.29, 1.82) is 0 Å². The molecule has 0 atom stereocenters. The third kappa shape index (κ3) is 2.97. The summed E-state index contributed by atoms with van der Waals surface area (Å²) in [7, 11) is 0. The van der Waals surface area contributed by atoms with Crippen molar-refractivity contribution >= 4 is 18.5 Å². The Morgan fingerprint density at radius 2 is 1.85 bits per heavy atom. The third-order valence-corrected chi connectivity index (χ3v) is 4.24. The molecule has 132 valence electrons. The standard InChI is InChI=1S/C20H17NO5/c1-2-15-18(20(24)25)16(12-23)21(10-13-6-4-3-5-7-13)19(15)17-9-8-14(11-22)26-17/h3-9,11-12H,2,10H2,1H3,(H,24,25). The molecule has 6 nitrogen and oxygen atoms in total. The molecule has 2 aromatic heterocycles. The van der Waals surface area contributed by atoms with E-state index in [1.807, 2.05) is 37.3 Å². The minimum absolute atomic E-state index is 0.0301. The average Bonchev–Trinajstić information content (AvgIpc) is 3.24. The molecule has 3 aromatic rings. The van der Waals surface area contributed by atoms with E-state index in [1.54, 1.807) is 10.6 Å². The van der Waals surface area contributed by atoms with Crippen LogP contribution in [0.2, 0.25) is 0 Å². The van der Waals surface area contributed by atoms with Crippen LogP contribution in [0.3, 0.4) is 0 Å². The highest BCUT2D eigenvalue weighted by Gasteiger charge is 2.28. The van der Waals surface area contributed by atoms with Gasteiger partial charge in [-0.05, 0) is 29.7 Å². The summed E-state index contributed by atoms with van der Waals surface area (Å²) in [5.74, 6) is -0.672. The van der Waals surface area contributed by atoms with Crippen molar-refractivity contribution in [3.8, 4) is 11.5 Å². The van der Waals surface area contributed by atoms with Crippen LogP contribution in [0, 0.1) is 0 Å². The molecule has 26 heavy (non-hydrogen) atoms. The maximum atomic E-state index is 11.8. The van der Waals surface area contributed by atoms with Gasteiger partial charge in [-0.25, -0.2) is 4.79 Å². The predicted octanol–water partition coefficient (Wildman–Crippen LogP) is 3.68. The number of furan rings is 1. The molecule has 0 spiro atoms. The molecule has 0 amide bonds. The summed E-state index contributed by atoms with van der Waals surface area (Å²) < 4.78 is 7.17. The lowest BCUT2D eigenvalue weighted by atomic mass is 10.1. The molecular formula is C20H17NO5. The van der Waals surface area contributed by atoms with Crippen LogP contribution >= 0.6 is 0 Å². The van der Waals surface area contributed by atoms with Gasteiger partial charge >= 0.3 is 5.97 Å². The highest BCUT2D eigenvalue weighted by atomic mass is 16.4. The van der Waals surface area contributed by atoms with Crippen LogP contribution in [0.5, 0.6) is 0 Å². The van der Waals surface area contributed by atoms with Gasteiger partial charge in [0.05, 0.1) is 17.0 Å². The molecule has 0 fully saturated rings. The number of benzene rings is 1. The lowest BCUT2D eigenvalue weighted by Crippen LogP contribution is -2.08. The first-order valence-corrected chi connectivity index (χ1v) is 8.13. The molecule has 0 radical (unpaired) electrons. The number of aromatic nitrogens is 1. The molecule has 6 heteroatoms. The van der Waals surface area contributed by atoms with Crippen LogP contribution in [0.25, 0.3) is 11.5 Å². The second kappa shape index (κ2) is 7.23. The predicted molar refractivity (Wildman–Crippen MR) is 94.8 cm³/mol. The number of aldehydes is 2. The lowest BCUT2D eigenvalue weighted by molar-refractivity contribution is 0.0692. The summed E-state index contributed by atoms with van der Waals surface area (Å²) in [5.41, 5.74) is 1.97. The molecule has 0 unspecified atom stereocenters. The van der Waals surface area contributed by atoms with Gasteiger partial charge in [0.1, 0.15) is 0 Å². The Balaban J connectivity index is 2.29. The van der Waals surface area contributed by atoms with Crippen molar-refractivity contribution in [2.24, 2.45) is 0 Å². The van der Waals surface area contributed by atoms with Crippen molar-refractivity contribution in [3.63, 3.8) is 0 Å². The number of carboxylic acid groups (broad SMARTS) is 1. The molecule has 0 aliphatic heterocycles. The topological polar surface area (TPSA) is 89.5 Å². The minimum Gasteiger partial charge on any atom is -0.478 e. The van der Waals surface area contributed by atoms with Gasteiger partial charge in [0.25, 0.3) is 0 Å². The Morgan fingerprint density at radius 1 is 1.12 bits per heavy atom. The zero-order valence-corrected chi connectivity index (χ0v) is 14.1. The first kappa shape index (κ1) is 17.4. The third-order valence-electron chi connectivity index (χ3n) is 4.24. The van der Waals surface area contributed by atoms with Gasteiger partial charge in [-0.1, -0.05) is 37.3 Å². The first-order chi connectivity index (χ1) is 12.6. The average molecular weight is 351 g/mol. The van der Waals surface area contributed by atoms with E-state index >= 15 is 0 Å². The number of carbonyl (C=O) groups is 3. The van der Waals surface area contributed by atoms with Gasteiger partial charge < -0.3 is 14.1 Å². The van der Waals surface area contributed by atoms with Crippen molar-refractivity contribution in [1.82, 2.24) is 4.57 Å². The van der Waals surface area contributed by atoms with E-state index < -0.39 is 5.97 Å². The number of carboxylic acids is 1. The Hall–Kier alpha value is -3.41. The van der Waals surface area contributed by atoms with Gasteiger partial charge in [0.2, 0.25) is 0 Å². The van der Waals surface area contributed by atoms with Crippen molar-refractivity contribution < 1.29 is 23.9 Å². The zero-order valence-electron chi connectivity index (χ0n) is 14.1. The van der Waals surface area contributed by atoms with E-state index in [0.717, 1.165) is 5.56 Å². The molecule has 1 aromatic carbocycles. The van der Waals surface area contributed by atoms with Crippen LogP contribution in [0.15, 0.2) is 46.9 Å². The number of hydrogen-bond donors (Lipinski definition) is 1. The molecule has 0 saturated heterocycles. The molecular weight excluding hydrogens is 334 g/mol. The van der Waals surface area contributed by atoms with Crippen molar-refractivity contribution in [3.05, 3.63) is 70.6 Å². The van der Waals surface area contributed by atoms with Crippen molar-refractivity contribution in [2.45, 2.75) is 19.9 Å². The molecule has 0 bridgehead atoms. The fourth-order valence-electron chi connectivity index (χ4n) is 3.15. The monoisotopic (exact) mass is 351 g/mol. The number of aromatic carboxylic acids is 1. The second-order valence-electron chi connectivity index (χ2n) is 5.76. The van der Waals surface area contributed by atoms with Gasteiger partial charge in [-0.15, -0.1) is 0 Å². The van der Waals surface area contributed by atoms with Gasteiger partial charge in [0, 0.05) is 6.54 Å². The van der Waals surface area contributed by atoms with Crippen molar-refractivity contribution in [2.75, 3.05) is 0 Å². The fraction of sp³-hybridized carbons (Fsp3) is 0.150. The molecule has 1 N–H and O–H groups in total. The summed E-state index contributed by atoms with van der Waals surface area (Å²) in [5, 5.41) is 9.65. The molecule has 0 aliphatic carbocycles. The van der Waals surface area contributed by atoms with Gasteiger partial charge in [-0.3, -0.25) is 9.59 Å². The number of carbonyl (C=O) groups excluding carboxylic acids is 2. The fourth-order valence-corrected chi connectivity index (χ4v) is 3.15. The van der Waals surface area contributed by atoms with Gasteiger partial charge in [0.15, 0.2) is 24.1 Å². The number of nitrogens with zero attached hydrogens (tertiary/aromatic N) is 1. The highest BCUT2D eigenvalue weighted by Crippen LogP contribution is 2.33. The molecule has 0 aliphatic rings. The zero-order chi connectivity index (χ0) is 18.7. The summed E-state index contributed by atoms with van der Waals surface area (Å²) in [6.07, 6.45) is 1.54. The Bertz CT molecular complexity index is 966. The van der Waals surface area contributed by atoms with E-state index in [0.29, 0.717) is 42.6 Å². The minimum atomic E-state index is -1.17. The van der Waals surface area contributed by atoms with E-state index in [2.05, 4.69) is 0 Å². The molecule has 0 saturated carbocycles. The second-order valence-corrected chi connectivity index (χ2v) is 5.76. The first-order valence-electron chi connectivity index (χ1n) is 8.13. The van der Waals surface area contributed by atoms with Crippen LogP contribution in [-0.2, 0) is 13.0 Å². The Kier molecular flexibility index (Phi) is 4.84. The quantitative estimate of drug-likeness (QED) is 0.656. The number of hydrogen-bond acceptors (Lipinski definition) is 4. The van der Waals surface area contributed by atoms with Gasteiger partial charge in [-0.2, -0.15) is 0 Å². The van der Waals surface area contributed by atoms with Crippen LogP contribution in [0.1, 0.15) is 49.5 Å². The van der Waals surface area contributed by atoms with E-state index in [4.69, 9.17) is 4.42 Å². The Labute approximate surface area is 149 Å². The Morgan fingerprint density at radius 3 is 2.38 bits per heavy atom. The van der Waals surface area contributed by atoms with E-state index in [9.17, 15) is 19.5 Å². The summed E-state index contributed by atoms with van der Waals surface area (Å²) in [6, 6.07) is 12.5. The molecule has 2 heterocycles. The summed E-state index contributed by atoms with van der Waals surface area (Å²) in [4.78, 5) is 34.5. The van der Waals surface area contributed by atoms with E-state index in [-0.39, 0.29) is 17.0 Å². The molecule has 3 rings (SSSR count). The normalized spacial score (nSPS) is 10.7. The number of rotatable bonds is 7. The maximum absolute atomic E-state index is 11.8. The van der Waals surface area contributed by atoms with Crippen LogP contribution in [-0.4, -0.2) is 28.2 Å². The highest BCUT2D eigenvalue weighted by molar-refractivity contribution is 6.00. The maximum Gasteiger partial charge on any atom is 0.338 e. The summed E-state index contributed by atoms with van der Waals surface area (Å²) in [6.45, 7) is 2.12. The van der Waals surface area contributed by atoms with Crippen LogP contribution in [0.4, 0.5) is 0 Å². The van der Waals surface area contributed by atoms with E-state index in [1.165, 1.54) is 6.07 Å².